The average molecular weight is 224 g/mol. The van der Waals surface area contributed by atoms with Gasteiger partial charge in [-0.3, -0.25) is 9.68 Å². The molecule has 0 radical (unpaired) electrons. The summed E-state index contributed by atoms with van der Waals surface area (Å²) in [4.78, 5) is 37.8. The molecule has 0 fully saturated rings. The predicted octanol–water partition coefficient (Wildman–Crippen LogP) is -1.39. The van der Waals surface area contributed by atoms with Crippen molar-refractivity contribution in [3.63, 3.8) is 0 Å². The molecule has 0 spiro atoms. The maximum absolute atomic E-state index is 10.7. The third-order valence-corrected chi connectivity index (χ3v) is 1.45. The standard InChI is InChI=1S/C6H8O9/c7-3(8)1-6(11,5(10)15-13)2-4(9)14-12/h11-13H,1-2H2,(H,7,8). The van der Waals surface area contributed by atoms with Crippen molar-refractivity contribution in [1.82, 2.24) is 0 Å². The van der Waals surface area contributed by atoms with Gasteiger partial charge in [-0.2, -0.15) is 10.5 Å². The first kappa shape index (κ1) is 13.3. The molecule has 0 saturated heterocycles. The van der Waals surface area contributed by atoms with Crippen LogP contribution in [0.3, 0.4) is 0 Å². The summed E-state index contributed by atoms with van der Waals surface area (Å²) in [6.07, 6.45) is -2.36. The molecule has 0 saturated carbocycles. The Bertz CT molecular complexity index is 272. The number of carbonyl (C=O) groups is 3. The fraction of sp³-hybridized carbons (Fsp3) is 0.500. The smallest absolute Gasteiger partial charge is 0.374 e. The number of hydrogen-bond donors (Lipinski definition) is 4. The molecule has 0 amide bonds. The highest BCUT2D eigenvalue weighted by molar-refractivity contribution is 5.89. The minimum atomic E-state index is -2.79. The van der Waals surface area contributed by atoms with Gasteiger partial charge in [0.2, 0.25) is 0 Å². The summed E-state index contributed by atoms with van der Waals surface area (Å²) in [6.45, 7) is 0. The van der Waals surface area contributed by atoms with Crippen molar-refractivity contribution < 1.29 is 44.9 Å². The molecule has 0 aromatic heterocycles. The second-order valence-corrected chi connectivity index (χ2v) is 2.62. The van der Waals surface area contributed by atoms with Crippen molar-refractivity contribution in [3.8, 4) is 0 Å². The summed E-state index contributed by atoms with van der Waals surface area (Å²) >= 11 is 0. The third-order valence-electron chi connectivity index (χ3n) is 1.45. The van der Waals surface area contributed by atoms with E-state index in [9.17, 15) is 19.5 Å². The fourth-order valence-corrected chi connectivity index (χ4v) is 0.813. The summed E-state index contributed by atoms with van der Waals surface area (Å²) < 4.78 is 0. The van der Waals surface area contributed by atoms with Crippen LogP contribution >= 0.6 is 0 Å². The van der Waals surface area contributed by atoms with Gasteiger partial charge in [-0.15, -0.1) is 0 Å². The molecule has 9 heteroatoms. The zero-order valence-corrected chi connectivity index (χ0v) is 7.24. The molecular weight excluding hydrogens is 216 g/mol. The van der Waals surface area contributed by atoms with E-state index in [-0.39, 0.29) is 0 Å². The Kier molecular flexibility index (Phi) is 4.64. The van der Waals surface area contributed by atoms with Crippen molar-refractivity contribution in [1.29, 1.82) is 0 Å². The lowest BCUT2D eigenvalue weighted by atomic mass is 9.96. The normalized spacial score (nSPS) is 13.8. The molecule has 0 aromatic carbocycles. The molecule has 1 atom stereocenters. The Morgan fingerprint density at radius 3 is 1.93 bits per heavy atom. The first-order chi connectivity index (χ1) is 6.85. The summed E-state index contributed by atoms with van der Waals surface area (Å²) in [5.41, 5.74) is -2.79. The molecule has 86 valence electrons. The Hall–Kier alpha value is -1.71. The van der Waals surface area contributed by atoms with Crippen LogP contribution < -0.4 is 0 Å². The predicted molar refractivity (Wildman–Crippen MR) is 39.3 cm³/mol. The van der Waals surface area contributed by atoms with Crippen molar-refractivity contribution >= 4 is 17.9 Å². The number of carboxylic acids is 1. The third kappa shape index (κ3) is 3.89. The average Bonchev–Trinajstić information content (AvgIpc) is 2.14. The topological polar surface area (TPSA) is 151 Å². The van der Waals surface area contributed by atoms with E-state index in [0.717, 1.165) is 0 Å². The molecule has 0 bridgehead atoms. The Labute approximate surface area is 82.3 Å². The van der Waals surface area contributed by atoms with E-state index in [1.54, 1.807) is 0 Å². The SMILES string of the molecule is O=C(O)CC(O)(CC(=O)OO)C(=O)OO. The van der Waals surface area contributed by atoms with E-state index in [0.29, 0.717) is 0 Å². The summed E-state index contributed by atoms with van der Waals surface area (Å²) in [6, 6.07) is 0. The Balaban J connectivity index is 4.76. The molecular formula is C6H8O9. The van der Waals surface area contributed by atoms with Gasteiger partial charge in [-0.1, -0.05) is 0 Å². The molecule has 1 unspecified atom stereocenters. The van der Waals surface area contributed by atoms with Crippen LogP contribution in [0.25, 0.3) is 0 Å². The minimum absolute atomic E-state index is 1.17. The molecule has 0 aliphatic carbocycles. The van der Waals surface area contributed by atoms with Crippen molar-refractivity contribution in [2.24, 2.45) is 0 Å². The second kappa shape index (κ2) is 5.24. The van der Waals surface area contributed by atoms with E-state index in [1.807, 2.05) is 0 Å². The number of carbonyl (C=O) groups excluding carboxylic acids is 2. The Morgan fingerprint density at radius 2 is 1.60 bits per heavy atom. The van der Waals surface area contributed by atoms with Crippen molar-refractivity contribution in [2.75, 3.05) is 0 Å². The first-order valence-electron chi connectivity index (χ1n) is 3.50. The molecule has 0 aliphatic rings. The highest BCUT2D eigenvalue weighted by atomic mass is 17.1. The van der Waals surface area contributed by atoms with E-state index in [1.165, 1.54) is 0 Å². The van der Waals surface area contributed by atoms with Crippen LogP contribution in [0, 0.1) is 0 Å². The van der Waals surface area contributed by atoms with Crippen molar-refractivity contribution in [3.05, 3.63) is 0 Å². The van der Waals surface area contributed by atoms with Crippen LogP contribution in [0.2, 0.25) is 0 Å². The van der Waals surface area contributed by atoms with E-state index < -0.39 is 36.4 Å². The lowest BCUT2D eigenvalue weighted by Gasteiger charge is -2.19. The Morgan fingerprint density at radius 1 is 1.07 bits per heavy atom. The second-order valence-electron chi connectivity index (χ2n) is 2.62. The molecule has 0 rings (SSSR count). The zero-order valence-electron chi connectivity index (χ0n) is 7.24. The van der Waals surface area contributed by atoms with E-state index in [4.69, 9.17) is 15.6 Å². The van der Waals surface area contributed by atoms with Gasteiger partial charge >= 0.3 is 17.9 Å². The van der Waals surface area contributed by atoms with Crippen LogP contribution in [0.4, 0.5) is 0 Å². The van der Waals surface area contributed by atoms with Gasteiger partial charge in [-0.05, 0) is 0 Å². The molecule has 0 aliphatic heterocycles. The molecule has 0 heterocycles. The van der Waals surface area contributed by atoms with Crippen molar-refractivity contribution in [2.45, 2.75) is 18.4 Å². The fourth-order valence-electron chi connectivity index (χ4n) is 0.813. The number of carboxylic acid groups (broad SMARTS) is 1. The number of hydrogen-bond acceptors (Lipinski definition) is 8. The maximum Gasteiger partial charge on any atom is 0.374 e. The molecule has 9 nitrogen and oxygen atoms in total. The summed E-state index contributed by atoms with van der Waals surface area (Å²) in [5, 5.41) is 33.5. The highest BCUT2D eigenvalue weighted by Gasteiger charge is 2.43. The van der Waals surface area contributed by atoms with Gasteiger partial charge in [0.05, 0.1) is 12.8 Å². The highest BCUT2D eigenvalue weighted by Crippen LogP contribution is 2.18. The monoisotopic (exact) mass is 224 g/mol. The quantitative estimate of drug-likeness (QED) is 0.327. The lowest BCUT2D eigenvalue weighted by molar-refractivity contribution is -0.258. The molecule has 4 N–H and O–H groups in total. The zero-order chi connectivity index (χ0) is 12.1. The van der Waals surface area contributed by atoms with Crippen LogP contribution in [0.5, 0.6) is 0 Å². The van der Waals surface area contributed by atoms with Crippen LogP contribution in [0.15, 0.2) is 0 Å². The summed E-state index contributed by atoms with van der Waals surface area (Å²) in [5.74, 6) is -4.81. The number of aliphatic hydroxyl groups is 1. The molecule has 15 heavy (non-hydrogen) atoms. The maximum atomic E-state index is 10.7. The van der Waals surface area contributed by atoms with Gasteiger partial charge in [0, 0.05) is 0 Å². The van der Waals surface area contributed by atoms with Gasteiger partial charge in [0.1, 0.15) is 0 Å². The summed E-state index contributed by atoms with van der Waals surface area (Å²) in [7, 11) is 0. The van der Waals surface area contributed by atoms with Crippen LogP contribution in [0.1, 0.15) is 12.8 Å². The number of rotatable bonds is 5. The van der Waals surface area contributed by atoms with E-state index >= 15 is 0 Å². The van der Waals surface area contributed by atoms with Gasteiger partial charge in [0.15, 0.2) is 5.60 Å². The lowest BCUT2D eigenvalue weighted by Crippen LogP contribution is -2.44. The van der Waals surface area contributed by atoms with Crippen LogP contribution in [-0.4, -0.2) is 44.2 Å². The number of aliphatic carboxylic acids is 1. The van der Waals surface area contributed by atoms with Gasteiger partial charge < -0.3 is 15.1 Å². The van der Waals surface area contributed by atoms with E-state index in [2.05, 4.69) is 9.78 Å². The minimum Gasteiger partial charge on any atom is -0.481 e. The van der Waals surface area contributed by atoms with Crippen LogP contribution in [-0.2, 0) is 24.2 Å². The first-order valence-corrected chi connectivity index (χ1v) is 3.50. The largest absolute Gasteiger partial charge is 0.481 e. The molecule has 0 aromatic rings. The van der Waals surface area contributed by atoms with Gasteiger partial charge in [0.25, 0.3) is 0 Å². The van der Waals surface area contributed by atoms with Gasteiger partial charge in [-0.25, -0.2) is 9.59 Å².